The monoisotopic (exact) mass is 431 g/mol. The quantitative estimate of drug-likeness (QED) is 0.572. The summed E-state index contributed by atoms with van der Waals surface area (Å²) >= 11 is 5.81. The van der Waals surface area contributed by atoms with E-state index in [2.05, 4.69) is 15.0 Å². The van der Waals surface area contributed by atoms with E-state index in [0.29, 0.717) is 28.3 Å². The van der Waals surface area contributed by atoms with Crippen molar-refractivity contribution in [3.8, 4) is 5.75 Å². The lowest BCUT2D eigenvalue weighted by molar-refractivity contribution is 0.102. The summed E-state index contributed by atoms with van der Waals surface area (Å²) in [4.78, 5) is 16.3. The summed E-state index contributed by atoms with van der Waals surface area (Å²) in [6.07, 6.45) is 1.42. The zero-order valence-corrected chi connectivity index (χ0v) is 17.2. The number of benzene rings is 2. The highest BCUT2D eigenvalue weighted by Gasteiger charge is 2.18. The van der Waals surface area contributed by atoms with Gasteiger partial charge in [-0.1, -0.05) is 17.7 Å². The zero-order valence-electron chi connectivity index (χ0n) is 15.6. The van der Waals surface area contributed by atoms with Gasteiger partial charge >= 0.3 is 0 Å². The maximum Gasteiger partial charge on any atom is 0.262 e. The Bertz CT molecular complexity index is 1150. The number of carbonyl (C=O) groups excluding carboxylic acids is 1. The maximum atomic E-state index is 12.8. The van der Waals surface area contributed by atoms with Gasteiger partial charge in [-0.2, -0.15) is 0 Å². The molecule has 0 spiro atoms. The number of methoxy groups -OCH3 is 1. The molecule has 150 valence electrons. The van der Waals surface area contributed by atoms with Crippen molar-refractivity contribution in [3.05, 3.63) is 77.1 Å². The van der Waals surface area contributed by atoms with Crippen molar-refractivity contribution < 1.29 is 17.9 Å². The zero-order chi connectivity index (χ0) is 21.0. The number of nitrogens with zero attached hydrogens (tertiary/aromatic N) is 1. The van der Waals surface area contributed by atoms with Crippen molar-refractivity contribution in [2.24, 2.45) is 0 Å². The summed E-state index contributed by atoms with van der Waals surface area (Å²) in [7, 11) is -2.34. The molecule has 0 unspecified atom stereocenters. The molecule has 0 saturated carbocycles. The third-order valence-corrected chi connectivity index (χ3v) is 5.80. The second-order valence-electron chi connectivity index (χ2n) is 6.14. The van der Waals surface area contributed by atoms with E-state index in [0.717, 1.165) is 0 Å². The number of hydrogen-bond donors (Lipinski definition) is 2. The van der Waals surface area contributed by atoms with Crippen molar-refractivity contribution in [1.82, 2.24) is 4.98 Å². The van der Waals surface area contributed by atoms with Crippen molar-refractivity contribution in [2.75, 3.05) is 17.1 Å². The molecule has 1 aromatic heterocycles. The molecule has 0 aliphatic heterocycles. The van der Waals surface area contributed by atoms with E-state index in [9.17, 15) is 13.2 Å². The van der Waals surface area contributed by atoms with Crippen LogP contribution in [0.1, 0.15) is 15.9 Å². The first-order valence-corrected chi connectivity index (χ1v) is 10.3. The Kier molecular flexibility index (Phi) is 6.05. The van der Waals surface area contributed by atoms with Crippen molar-refractivity contribution in [2.45, 2.75) is 11.8 Å². The topological polar surface area (TPSA) is 97.4 Å². The number of carbonyl (C=O) groups is 1. The average molecular weight is 432 g/mol. The van der Waals surface area contributed by atoms with E-state index < -0.39 is 15.9 Å². The van der Waals surface area contributed by atoms with Gasteiger partial charge in [0.25, 0.3) is 15.9 Å². The SMILES string of the molecule is COc1ccc(NS(=O)(=O)c2cc(NC(=O)c3ccnc(Cl)c3)ccc2C)cc1. The first-order valence-electron chi connectivity index (χ1n) is 8.49. The van der Waals surface area contributed by atoms with E-state index in [1.807, 2.05) is 0 Å². The van der Waals surface area contributed by atoms with Gasteiger partial charge in [0, 0.05) is 23.1 Å². The fourth-order valence-electron chi connectivity index (χ4n) is 2.58. The minimum atomic E-state index is -3.87. The summed E-state index contributed by atoms with van der Waals surface area (Å²) in [5.41, 5.74) is 1.58. The third-order valence-electron chi connectivity index (χ3n) is 4.07. The fraction of sp³-hybridized carbons (Fsp3) is 0.100. The molecular formula is C20H18ClN3O4S. The van der Waals surface area contributed by atoms with Gasteiger partial charge in [-0.3, -0.25) is 9.52 Å². The van der Waals surface area contributed by atoms with Crippen LogP contribution in [-0.4, -0.2) is 26.4 Å². The molecule has 0 aliphatic rings. The molecule has 0 fully saturated rings. The normalized spacial score (nSPS) is 11.0. The molecule has 0 radical (unpaired) electrons. The summed E-state index contributed by atoms with van der Waals surface area (Å²) in [5.74, 6) is 0.190. The van der Waals surface area contributed by atoms with Crippen LogP contribution in [0, 0.1) is 6.92 Å². The highest BCUT2D eigenvalue weighted by Crippen LogP contribution is 2.24. The van der Waals surface area contributed by atoms with Gasteiger partial charge in [-0.25, -0.2) is 13.4 Å². The molecule has 0 aliphatic carbocycles. The van der Waals surface area contributed by atoms with Crippen LogP contribution in [0.5, 0.6) is 5.75 Å². The minimum Gasteiger partial charge on any atom is -0.497 e. The van der Waals surface area contributed by atoms with Crippen LogP contribution in [0.3, 0.4) is 0 Å². The number of amides is 1. The van der Waals surface area contributed by atoms with Crippen LogP contribution < -0.4 is 14.8 Å². The van der Waals surface area contributed by atoms with Crippen LogP contribution in [0.15, 0.2) is 65.7 Å². The number of ether oxygens (including phenoxy) is 1. The van der Waals surface area contributed by atoms with E-state index >= 15 is 0 Å². The lowest BCUT2D eigenvalue weighted by Crippen LogP contribution is -2.16. The Morgan fingerprint density at radius 2 is 1.72 bits per heavy atom. The van der Waals surface area contributed by atoms with Gasteiger partial charge < -0.3 is 10.1 Å². The summed E-state index contributed by atoms with van der Waals surface area (Å²) < 4.78 is 33.3. The molecule has 7 nitrogen and oxygen atoms in total. The number of aromatic nitrogens is 1. The maximum absolute atomic E-state index is 12.8. The van der Waals surface area contributed by atoms with Crippen LogP contribution in [0.4, 0.5) is 11.4 Å². The molecule has 3 rings (SSSR count). The lowest BCUT2D eigenvalue weighted by Gasteiger charge is -2.13. The summed E-state index contributed by atoms with van der Waals surface area (Å²) in [6.45, 7) is 1.68. The number of pyridine rings is 1. The summed E-state index contributed by atoms with van der Waals surface area (Å²) in [5, 5.41) is 2.86. The molecule has 3 aromatic rings. The van der Waals surface area contributed by atoms with Crippen LogP contribution in [0.2, 0.25) is 5.15 Å². The van der Waals surface area contributed by atoms with Crippen LogP contribution in [0.25, 0.3) is 0 Å². The van der Waals surface area contributed by atoms with Crippen molar-refractivity contribution in [1.29, 1.82) is 0 Å². The van der Waals surface area contributed by atoms with Crippen molar-refractivity contribution in [3.63, 3.8) is 0 Å². The predicted octanol–water partition coefficient (Wildman–Crippen LogP) is 4.11. The number of hydrogen-bond acceptors (Lipinski definition) is 5. The van der Waals surface area contributed by atoms with Crippen LogP contribution in [-0.2, 0) is 10.0 Å². The number of rotatable bonds is 6. The molecular weight excluding hydrogens is 414 g/mol. The van der Waals surface area contributed by atoms with Gasteiger partial charge in [0.1, 0.15) is 10.9 Å². The first-order chi connectivity index (χ1) is 13.8. The Morgan fingerprint density at radius 1 is 1.03 bits per heavy atom. The molecule has 9 heteroatoms. The second kappa shape index (κ2) is 8.50. The van der Waals surface area contributed by atoms with E-state index in [1.54, 1.807) is 43.3 Å². The number of sulfonamides is 1. The molecule has 1 heterocycles. The smallest absolute Gasteiger partial charge is 0.262 e. The van der Waals surface area contributed by atoms with Gasteiger partial charge in [-0.05, 0) is 61.0 Å². The molecule has 0 bridgehead atoms. The predicted molar refractivity (Wildman–Crippen MR) is 112 cm³/mol. The standard InChI is InChI=1S/C20H18ClN3O4S/c1-13-3-4-16(23-20(25)14-9-10-22-19(21)11-14)12-18(13)29(26,27)24-15-5-7-17(28-2)8-6-15/h3-12,24H,1-2H3,(H,23,25). The number of aryl methyl sites for hydroxylation is 1. The molecule has 29 heavy (non-hydrogen) atoms. The lowest BCUT2D eigenvalue weighted by atomic mass is 10.2. The molecule has 2 aromatic carbocycles. The van der Waals surface area contributed by atoms with E-state index in [-0.39, 0.29) is 10.0 Å². The van der Waals surface area contributed by atoms with E-state index in [4.69, 9.17) is 16.3 Å². The largest absolute Gasteiger partial charge is 0.497 e. The molecule has 0 atom stereocenters. The Morgan fingerprint density at radius 3 is 2.38 bits per heavy atom. The number of halogens is 1. The highest BCUT2D eigenvalue weighted by molar-refractivity contribution is 7.92. The van der Waals surface area contributed by atoms with Gasteiger partial charge in [0.05, 0.1) is 12.0 Å². The average Bonchev–Trinajstić information content (AvgIpc) is 2.69. The molecule has 1 amide bonds. The summed E-state index contributed by atoms with van der Waals surface area (Å²) in [6, 6.07) is 14.1. The second-order valence-corrected chi connectivity index (χ2v) is 8.17. The van der Waals surface area contributed by atoms with Gasteiger partial charge in [-0.15, -0.1) is 0 Å². The first kappa shape index (κ1) is 20.6. The van der Waals surface area contributed by atoms with Crippen LogP contribution >= 0.6 is 11.6 Å². The fourth-order valence-corrected chi connectivity index (χ4v) is 4.09. The highest BCUT2D eigenvalue weighted by atomic mass is 35.5. The Labute approximate surface area is 173 Å². The van der Waals surface area contributed by atoms with Gasteiger partial charge in [0.15, 0.2) is 0 Å². The van der Waals surface area contributed by atoms with E-state index in [1.165, 1.54) is 31.5 Å². The molecule has 2 N–H and O–H groups in total. The van der Waals surface area contributed by atoms with Crippen molar-refractivity contribution >= 4 is 38.9 Å². The molecule has 0 saturated heterocycles. The third kappa shape index (κ3) is 5.04. The number of nitrogens with one attached hydrogen (secondary N) is 2. The van der Waals surface area contributed by atoms with Gasteiger partial charge in [0.2, 0.25) is 0 Å². The minimum absolute atomic E-state index is 0.0545. The Balaban J connectivity index is 1.84. The Hall–Kier alpha value is -3.10. The number of anilines is 2.